The van der Waals surface area contributed by atoms with Gasteiger partial charge in [0.25, 0.3) is 10.0 Å². The van der Waals surface area contributed by atoms with Gasteiger partial charge in [-0.15, -0.1) is 11.3 Å². The highest BCUT2D eigenvalue weighted by Gasteiger charge is 2.17. The predicted octanol–water partition coefficient (Wildman–Crippen LogP) is 4.00. The molecule has 2 N–H and O–H groups in total. The summed E-state index contributed by atoms with van der Waals surface area (Å²) >= 11 is 1.53. The van der Waals surface area contributed by atoms with Crippen LogP contribution in [0.1, 0.15) is 5.56 Å². The Morgan fingerprint density at radius 2 is 1.92 bits per heavy atom. The minimum Gasteiger partial charge on any atom is -0.497 e. The first-order valence-corrected chi connectivity index (χ1v) is 9.78. The number of benzene rings is 1. The molecule has 0 saturated carbocycles. The van der Waals surface area contributed by atoms with Crippen molar-refractivity contribution in [2.45, 2.75) is 11.8 Å². The second-order valence-electron chi connectivity index (χ2n) is 5.29. The lowest BCUT2D eigenvalue weighted by molar-refractivity contribution is 0.414. The van der Waals surface area contributed by atoms with Gasteiger partial charge in [0.15, 0.2) is 5.82 Å². The molecule has 25 heavy (non-hydrogen) atoms. The first-order chi connectivity index (χ1) is 12.0. The number of aromatic nitrogens is 1. The third kappa shape index (κ3) is 4.09. The van der Waals surface area contributed by atoms with E-state index in [0.717, 1.165) is 10.6 Å². The van der Waals surface area contributed by atoms with Crippen molar-refractivity contribution in [2.75, 3.05) is 17.1 Å². The van der Waals surface area contributed by atoms with Gasteiger partial charge in [-0.1, -0.05) is 0 Å². The van der Waals surface area contributed by atoms with Crippen LogP contribution < -0.4 is 14.8 Å². The molecule has 0 atom stereocenters. The highest BCUT2D eigenvalue weighted by molar-refractivity contribution is 7.92. The van der Waals surface area contributed by atoms with Gasteiger partial charge in [0, 0.05) is 6.20 Å². The predicted molar refractivity (Wildman–Crippen MR) is 100 cm³/mol. The molecule has 0 aliphatic heterocycles. The van der Waals surface area contributed by atoms with Crippen molar-refractivity contribution in [3.63, 3.8) is 0 Å². The molecule has 0 amide bonds. The normalized spacial score (nSPS) is 11.1. The molecule has 0 aliphatic rings. The maximum Gasteiger partial charge on any atom is 0.262 e. The molecule has 2 aromatic heterocycles. The Balaban J connectivity index is 1.86. The largest absolute Gasteiger partial charge is 0.497 e. The second kappa shape index (κ2) is 7.12. The smallest absolute Gasteiger partial charge is 0.262 e. The van der Waals surface area contributed by atoms with Crippen LogP contribution in [-0.2, 0) is 10.0 Å². The van der Waals surface area contributed by atoms with Crippen molar-refractivity contribution in [1.29, 1.82) is 0 Å². The Bertz CT molecular complexity index is 967. The van der Waals surface area contributed by atoms with Crippen molar-refractivity contribution in [1.82, 2.24) is 4.98 Å². The zero-order valence-corrected chi connectivity index (χ0v) is 15.3. The lowest BCUT2D eigenvalue weighted by Gasteiger charge is -2.12. The van der Waals surface area contributed by atoms with E-state index in [1.807, 2.05) is 18.4 Å². The number of rotatable bonds is 6. The lowest BCUT2D eigenvalue weighted by atomic mass is 10.3. The number of nitrogens with zero attached hydrogens (tertiary/aromatic N) is 1. The summed E-state index contributed by atoms with van der Waals surface area (Å²) in [5.74, 6) is 1.04. The Hall–Kier alpha value is -2.58. The summed E-state index contributed by atoms with van der Waals surface area (Å²) in [6, 6.07) is 11.5. The van der Waals surface area contributed by atoms with Crippen LogP contribution in [0.2, 0.25) is 0 Å². The van der Waals surface area contributed by atoms with Gasteiger partial charge in [-0.25, -0.2) is 13.4 Å². The van der Waals surface area contributed by atoms with Crippen LogP contribution in [0.4, 0.5) is 16.5 Å². The van der Waals surface area contributed by atoms with E-state index in [9.17, 15) is 8.42 Å². The van der Waals surface area contributed by atoms with Crippen LogP contribution in [0.25, 0.3) is 0 Å². The number of pyridine rings is 1. The molecule has 2 heterocycles. The zero-order chi connectivity index (χ0) is 17.9. The average molecular weight is 375 g/mol. The van der Waals surface area contributed by atoms with Gasteiger partial charge in [-0.3, -0.25) is 4.72 Å². The summed E-state index contributed by atoms with van der Waals surface area (Å²) < 4.78 is 32.8. The number of hydrogen-bond acceptors (Lipinski definition) is 6. The van der Waals surface area contributed by atoms with E-state index < -0.39 is 10.0 Å². The van der Waals surface area contributed by atoms with Crippen LogP contribution in [0.5, 0.6) is 5.75 Å². The lowest BCUT2D eigenvalue weighted by Crippen LogP contribution is -2.14. The van der Waals surface area contributed by atoms with Crippen molar-refractivity contribution in [3.8, 4) is 5.75 Å². The highest BCUT2D eigenvalue weighted by Crippen LogP contribution is 2.29. The minimum atomic E-state index is -3.73. The van der Waals surface area contributed by atoms with Gasteiger partial charge in [0.05, 0.1) is 22.7 Å². The molecule has 0 bridgehead atoms. The summed E-state index contributed by atoms with van der Waals surface area (Å²) in [5, 5.41) is 6.04. The van der Waals surface area contributed by atoms with E-state index in [4.69, 9.17) is 4.74 Å². The number of nitrogens with one attached hydrogen (secondary N) is 2. The first kappa shape index (κ1) is 17.2. The first-order valence-electron chi connectivity index (χ1n) is 7.42. The molecule has 1 aromatic carbocycles. The number of sulfonamides is 1. The van der Waals surface area contributed by atoms with Gasteiger partial charge in [0.1, 0.15) is 5.75 Å². The second-order valence-corrected chi connectivity index (χ2v) is 7.89. The molecule has 0 saturated heterocycles. The Morgan fingerprint density at radius 1 is 1.16 bits per heavy atom. The molecule has 130 valence electrons. The monoisotopic (exact) mass is 375 g/mol. The Labute approximate surface area is 150 Å². The summed E-state index contributed by atoms with van der Waals surface area (Å²) in [6.07, 6.45) is 1.61. The van der Waals surface area contributed by atoms with Crippen molar-refractivity contribution in [3.05, 3.63) is 59.6 Å². The topological polar surface area (TPSA) is 80.3 Å². The Morgan fingerprint density at radius 3 is 2.56 bits per heavy atom. The van der Waals surface area contributed by atoms with E-state index in [0.29, 0.717) is 17.3 Å². The molecule has 0 spiro atoms. The summed E-state index contributed by atoms with van der Waals surface area (Å²) in [5.41, 5.74) is 1.51. The van der Waals surface area contributed by atoms with Gasteiger partial charge >= 0.3 is 0 Å². The highest BCUT2D eigenvalue weighted by atomic mass is 32.2. The van der Waals surface area contributed by atoms with Crippen LogP contribution in [-0.4, -0.2) is 20.5 Å². The molecule has 6 nitrogen and oxygen atoms in total. The Kier molecular flexibility index (Phi) is 4.91. The molecule has 8 heteroatoms. The maximum absolute atomic E-state index is 12.6. The summed E-state index contributed by atoms with van der Waals surface area (Å²) in [7, 11) is -2.20. The van der Waals surface area contributed by atoms with Crippen LogP contribution in [0.3, 0.4) is 0 Å². The standard InChI is InChI=1S/C17H17N3O3S2/c1-12-10-16(24-11-12)19-17-15(4-3-9-18-17)20-25(21,22)14-7-5-13(23-2)6-8-14/h3-11,20H,1-2H3,(H,18,19). The van der Waals surface area contributed by atoms with Crippen LogP contribution >= 0.6 is 11.3 Å². The van der Waals surface area contributed by atoms with Crippen LogP contribution in [0, 0.1) is 6.92 Å². The number of hydrogen-bond donors (Lipinski definition) is 2. The maximum atomic E-state index is 12.6. The third-order valence-electron chi connectivity index (χ3n) is 3.39. The molecular weight excluding hydrogens is 358 g/mol. The SMILES string of the molecule is COc1ccc(S(=O)(=O)Nc2cccnc2Nc2cc(C)cs2)cc1. The summed E-state index contributed by atoms with van der Waals surface area (Å²) in [6.45, 7) is 1.99. The van der Waals surface area contributed by atoms with E-state index in [1.54, 1.807) is 30.5 Å². The fourth-order valence-corrected chi connectivity index (χ4v) is 4.02. The molecule has 0 unspecified atom stereocenters. The molecule has 0 fully saturated rings. The quantitative estimate of drug-likeness (QED) is 0.680. The van der Waals surface area contributed by atoms with E-state index >= 15 is 0 Å². The average Bonchev–Trinajstić information content (AvgIpc) is 3.01. The molecule has 0 aliphatic carbocycles. The molecular formula is C17H17N3O3S2. The fraction of sp³-hybridized carbons (Fsp3) is 0.118. The van der Waals surface area contributed by atoms with Gasteiger partial charge in [-0.05, 0) is 60.3 Å². The number of aryl methyl sites for hydroxylation is 1. The summed E-state index contributed by atoms with van der Waals surface area (Å²) in [4.78, 5) is 4.39. The van der Waals surface area contributed by atoms with Gasteiger partial charge in [0.2, 0.25) is 0 Å². The third-order valence-corrected chi connectivity index (χ3v) is 5.74. The van der Waals surface area contributed by atoms with Crippen LogP contribution in [0.15, 0.2) is 58.9 Å². The molecule has 3 rings (SSSR count). The fourth-order valence-electron chi connectivity index (χ4n) is 2.16. The van der Waals surface area contributed by atoms with E-state index in [2.05, 4.69) is 15.0 Å². The zero-order valence-electron chi connectivity index (χ0n) is 13.7. The van der Waals surface area contributed by atoms with Crippen molar-refractivity contribution in [2.24, 2.45) is 0 Å². The van der Waals surface area contributed by atoms with E-state index in [-0.39, 0.29) is 4.90 Å². The van der Waals surface area contributed by atoms with Crippen molar-refractivity contribution < 1.29 is 13.2 Å². The molecule has 3 aromatic rings. The number of methoxy groups -OCH3 is 1. The van der Waals surface area contributed by atoms with Gasteiger partial charge < -0.3 is 10.1 Å². The minimum absolute atomic E-state index is 0.148. The van der Waals surface area contributed by atoms with E-state index in [1.165, 1.54) is 30.6 Å². The number of anilines is 3. The van der Waals surface area contributed by atoms with Crippen molar-refractivity contribution >= 4 is 37.9 Å². The molecule has 0 radical (unpaired) electrons. The van der Waals surface area contributed by atoms with Gasteiger partial charge in [-0.2, -0.15) is 0 Å². The number of ether oxygens (including phenoxy) is 1. The number of thiophene rings is 1.